The minimum absolute atomic E-state index is 0.0663. The molecule has 1 fully saturated rings. The number of methoxy groups -OCH3 is 1. The van der Waals surface area contributed by atoms with Gasteiger partial charge in [-0.25, -0.2) is 0 Å². The van der Waals surface area contributed by atoms with Crippen LogP contribution in [-0.2, 0) is 14.2 Å². The zero-order valence-electron chi connectivity index (χ0n) is 15.1. The van der Waals surface area contributed by atoms with Crippen molar-refractivity contribution in [2.75, 3.05) is 21.0 Å². The molecule has 5 rings (SSSR count). The van der Waals surface area contributed by atoms with Crippen molar-refractivity contribution >= 4 is 11.5 Å². The summed E-state index contributed by atoms with van der Waals surface area (Å²) >= 11 is 0. The summed E-state index contributed by atoms with van der Waals surface area (Å²) in [6.07, 6.45) is 1.21. The Morgan fingerprint density at radius 3 is 2.46 bits per heavy atom. The lowest BCUT2D eigenvalue weighted by Crippen LogP contribution is -2.56. The molecule has 1 saturated heterocycles. The van der Waals surface area contributed by atoms with E-state index in [1.807, 2.05) is 26.0 Å². The molecule has 3 heterocycles. The summed E-state index contributed by atoms with van der Waals surface area (Å²) in [7, 11) is 3.46. The van der Waals surface area contributed by atoms with Gasteiger partial charge in [-0.2, -0.15) is 0 Å². The maximum absolute atomic E-state index is 13.0. The zero-order valence-corrected chi connectivity index (χ0v) is 15.1. The van der Waals surface area contributed by atoms with E-state index in [4.69, 9.17) is 23.7 Å². The van der Waals surface area contributed by atoms with Gasteiger partial charge in [-0.15, -0.1) is 0 Å². The number of hydrogen-bond acceptors (Lipinski definition) is 6. The highest BCUT2D eigenvalue weighted by Gasteiger charge is 2.55. The van der Waals surface area contributed by atoms with Crippen LogP contribution in [0.4, 0.5) is 0 Å². The van der Waals surface area contributed by atoms with Gasteiger partial charge in [0, 0.05) is 14.2 Å². The van der Waals surface area contributed by atoms with E-state index in [1.165, 1.54) is 0 Å². The summed E-state index contributed by atoms with van der Waals surface area (Å²) in [5, 5.41) is 0. The Balaban J connectivity index is 1.69. The third kappa shape index (κ3) is 2.08. The van der Waals surface area contributed by atoms with Crippen molar-refractivity contribution < 1.29 is 28.5 Å². The number of carbonyl (C=O) groups excluding carboxylic acids is 1. The van der Waals surface area contributed by atoms with E-state index in [0.29, 0.717) is 17.1 Å². The molecule has 7 nitrogen and oxygen atoms in total. The Morgan fingerprint density at radius 2 is 1.77 bits per heavy atom. The van der Waals surface area contributed by atoms with Crippen molar-refractivity contribution in [2.45, 2.75) is 44.0 Å². The summed E-state index contributed by atoms with van der Waals surface area (Å²) < 4.78 is 28.9. The number of rotatable bonds is 1. The molecule has 0 saturated carbocycles. The average molecular weight is 359 g/mol. The normalized spacial score (nSPS) is 33.5. The van der Waals surface area contributed by atoms with Crippen LogP contribution in [0.15, 0.2) is 18.2 Å². The van der Waals surface area contributed by atoms with Crippen molar-refractivity contribution in [1.29, 1.82) is 0 Å². The number of likely N-dealkylation sites (N-methyl/N-ethyl adjacent to an activating group) is 1. The maximum Gasteiger partial charge on any atom is 0.254 e. The lowest BCUT2D eigenvalue weighted by atomic mass is 9.78. The first-order valence-corrected chi connectivity index (χ1v) is 8.71. The highest BCUT2D eigenvalue weighted by molar-refractivity contribution is 6.05. The second-order valence-electron chi connectivity index (χ2n) is 7.50. The fourth-order valence-electron chi connectivity index (χ4n) is 4.42. The minimum Gasteiger partial charge on any atom is -0.454 e. The molecular formula is C19H21NO6. The highest BCUT2D eigenvalue weighted by Crippen LogP contribution is 2.47. The van der Waals surface area contributed by atoms with Gasteiger partial charge in [-0.3, -0.25) is 4.79 Å². The van der Waals surface area contributed by atoms with Gasteiger partial charge in [-0.05, 0) is 43.2 Å². The topological polar surface area (TPSA) is 66.5 Å². The maximum atomic E-state index is 13.0. The lowest BCUT2D eigenvalue weighted by Gasteiger charge is -2.44. The third-order valence-corrected chi connectivity index (χ3v) is 5.52. The first-order valence-electron chi connectivity index (χ1n) is 8.71. The van der Waals surface area contributed by atoms with E-state index >= 15 is 0 Å². The predicted octanol–water partition coefficient (Wildman–Crippen LogP) is 1.80. The second-order valence-corrected chi connectivity index (χ2v) is 7.50. The molecule has 7 heteroatoms. The van der Waals surface area contributed by atoms with Crippen molar-refractivity contribution in [1.82, 2.24) is 4.90 Å². The molecule has 1 aliphatic carbocycles. The van der Waals surface area contributed by atoms with E-state index in [0.717, 1.165) is 11.1 Å². The van der Waals surface area contributed by atoms with E-state index in [-0.39, 0.29) is 37.1 Å². The Hall–Kier alpha value is -2.09. The molecule has 0 radical (unpaired) electrons. The summed E-state index contributed by atoms with van der Waals surface area (Å²) in [6.45, 7) is 3.93. The third-order valence-electron chi connectivity index (χ3n) is 5.52. The van der Waals surface area contributed by atoms with Crippen LogP contribution in [-0.4, -0.2) is 61.9 Å². The van der Waals surface area contributed by atoms with Gasteiger partial charge in [0.05, 0.1) is 11.6 Å². The molecule has 3 aliphatic heterocycles. The monoisotopic (exact) mass is 359 g/mol. The van der Waals surface area contributed by atoms with E-state index in [9.17, 15) is 4.79 Å². The summed E-state index contributed by atoms with van der Waals surface area (Å²) in [5.41, 5.74) is 2.44. The smallest absolute Gasteiger partial charge is 0.254 e. The van der Waals surface area contributed by atoms with Gasteiger partial charge in [0.2, 0.25) is 6.79 Å². The Kier molecular flexibility index (Phi) is 3.23. The minimum atomic E-state index is -0.728. The number of benzene rings is 1. The van der Waals surface area contributed by atoms with Crippen molar-refractivity contribution in [2.24, 2.45) is 0 Å². The molecule has 4 atom stereocenters. The van der Waals surface area contributed by atoms with Crippen molar-refractivity contribution in [3.05, 3.63) is 29.3 Å². The Labute approximate surface area is 151 Å². The van der Waals surface area contributed by atoms with Crippen molar-refractivity contribution in [3.63, 3.8) is 0 Å². The quantitative estimate of drug-likeness (QED) is 0.762. The number of hydrogen-bond donors (Lipinski definition) is 0. The zero-order chi connectivity index (χ0) is 18.2. The number of carbonyl (C=O) groups is 1. The Morgan fingerprint density at radius 1 is 1.12 bits per heavy atom. The average Bonchev–Trinajstić information content (AvgIpc) is 3.19. The summed E-state index contributed by atoms with van der Waals surface area (Å²) in [5.74, 6) is 0.460. The van der Waals surface area contributed by atoms with Crippen LogP contribution in [0.3, 0.4) is 0 Å². The van der Waals surface area contributed by atoms with E-state index < -0.39 is 5.79 Å². The second kappa shape index (κ2) is 5.22. The summed E-state index contributed by atoms with van der Waals surface area (Å²) in [4.78, 5) is 14.8. The van der Waals surface area contributed by atoms with Crippen LogP contribution in [0.25, 0.3) is 5.57 Å². The number of nitrogens with zero attached hydrogens (tertiary/aromatic N) is 1. The first-order chi connectivity index (χ1) is 12.4. The highest BCUT2D eigenvalue weighted by atomic mass is 16.8. The van der Waals surface area contributed by atoms with Crippen LogP contribution in [0, 0.1) is 0 Å². The van der Waals surface area contributed by atoms with Crippen molar-refractivity contribution in [3.8, 4) is 11.5 Å². The predicted molar refractivity (Wildman–Crippen MR) is 91.0 cm³/mol. The molecule has 1 amide bonds. The van der Waals surface area contributed by atoms with Crippen LogP contribution >= 0.6 is 0 Å². The molecule has 1 aromatic carbocycles. The largest absolute Gasteiger partial charge is 0.454 e. The van der Waals surface area contributed by atoms with Gasteiger partial charge >= 0.3 is 0 Å². The lowest BCUT2D eigenvalue weighted by molar-refractivity contribution is -0.154. The molecule has 138 valence electrons. The molecule has 1 aromatic rings. The molecule has 0 aromatic heterocycles. The van der Waals surface area contributed by atoms with Gasteiger partial charge < -0.3 is 28.6 Å². The number of ether oxygens (including phenoxy) is 5. The molecule has 4 aliphatic rings. The van der Waals surface area contributed by atoms with Crippen LogP contribution in [0.2, 0.25) is 0 Å². The molecular weight excluding hydrogens is 338 g/mol. The van der Waals surface area contributed by atoms with Gasteiger partial charge in [-0.1, -0.05) is 0 Å². The van der Waals surface area contributed by atoms with E-state index in [2.05, 4.69) is 0 Å². The number of amides is 1. The number of fused-ring (bicyclic) bond motifs is 6. The Bertz CT molecular complexity index is 832. The SMILES string of the molecule is CO[C@H]1C=C2c3cc4c(cc3C(=O)N(C)[C@H]2[C@@H]2OC(C)(C)O[C@@H]21)OCO4. The van der Waals surface area contributed by atoms with E-state index in [1.54, 1.807) is 25.1 Å². The first kappa shape index (κ1) is 16.1. The molecule has 0 bridgehead atoms. The molecule has 0 spiro atoms. The molecule has 26 heavy (non-hydrogen) atoms. The molecule has 0 unspecified atom stereocenters. The standard InChI is InChI=1S/C19H21NO6/c1-19(2)25-16-14(22-4)6-10-9-5-12-13(24-8-23-12)7-11(9)18(21)20(3)15(10)17(16)26-19/h5-7,14-17H,8H2,1-4H3/t14-,15+,16+,17-/m0/s1. The van der Waals surface area contributed by atoms with Gasteiger partial charge in [0.1, 0.15) is 18.3 Å². The fourth-order valence-corrected chi connectivity index (χ4v) is 4.42. The van der Waals surface area contributed by atoms with Crippen LogP contribution < -0.4 is 9.47 Å². The summed E-state index contributed by atoms with van der Waals surface area (Å²) in [6, 6.07) is 3.40. The van der Waals surface area contributed by atoms with Gasteiger partial charge in [0.15, 0.2) is 17.3 Å². The molecule has 0 N–H and O–H groups in total. The van der Waals surface area contributed by atoms with Gasteiger partial charge in [0.25, 0.3) is 5.91 Å². The fraction of sp³-hybridized carbons (Fsp3) is 0.526. The van der Waals surface area contributed by atoms with Crippen LogP contribution in [0.5, 0.6) is 11.5 Å². The van der Waals surface area contributed by atoms with Crippen LogP contribution in [0.1, 0.15) is 29.8 Å².